The van der Waals surface area contributed by atoms with Crippen molar-refractivity contribution in [3.05, 3.63) is 40.5 Å². The van der Waals surface area contributed by atoms with E-state index in [0.29, 0.717) is 11.1 Å². The van der Waals surface area contributed by atoms with Crippen molar-refractivity contribution in [3.63, 3.8) is 0 Å². The van der Waals surface area contributed by atoms with Crippen molar-refractivity contribution >= 4 is 40.1 Å². The van der Waals surface area contributed by atoms with Crippen molar-refractivity contribution < 1.29 is 0 Å². The first kappa shape index (κ1) is 14.7. The number of fused-ring (bicyclic) bond motifs is 1. The lowest BCUT2D eigenvalue weighted by molar-refractivity contribution is 0.495. The zero-order valence-electron chi connectivity index (χ0n) is 12.2. The van der Waals surface area contributed by atoms with Gasteiger partial charge in [0.25, 0.3) is 0 Å². The predicted molar refractivity (Wildman–Crippen MR) is 90.1 cm³/mol. The number of nitrogens with one attached hydrogen (secondary N) is 1. The second-order valence-corrected chi connectivity index (χ2v) is 6.31. The van der Waals surface area contributed by atoms with Gasteiger partial charge in [-0.15, -0.1) is 0 Å². The lowest BCUT2D eigenvalue weighted by atomic mass is 9.92. The average Bonchev–Trinajstić information content (AvgIpc) is 2.98. The van der Waals surface area contributed by atoms with Gasteiger partial charge in [-0.3, -0.25) is 5.10 Å². The van der Waals surface area contributed by atoms with Crippen LogP contribution in [0.3, 0.4) is 0 Å². The fourth-order valence-electron chi connectivity index (χ4n) is 3.11. The molecule has 23 heavy (non-hydrogen) atoms. The third kappa shape index (κ3) is 2.84. The molecule has 1 N–H and O–H groups in total. The van der Waals surface area contributed by atoms with Crippen LogP contribution in [0.2, 0.25) is 10.4 Å². The highest BCUT2D eigenvalue weighted by Gasteiger charge is 2.25. The number of hydrogen-bond acceptors (Lipinski definition) is 5. The standard InChI is InChI=1S/C15H14Cl2N6/c16-11-8-12(20-15(17)19-11)23-6-3-9(4-7-23)13-10-2-1-5-18-14(10)22-21-13/h1-2,5,8-9H,3-4,6-7H2,(H,18,21,22). The molecular formula is C15H14Cl2N6. The second-order valence-electron chi connectivity index (χ2n) is 5.59. The number of nitrogens with zero attached hydrogens (tertiary/aromatic N) is 5. The fourth-order valence-corrected chi connectivity index (χ4v) is 3.51. The van der Waals surface area contributed by atoms with Crippen LogP contribution in [0, 0.1) is 0 Å². The monoisotopic (exact) mass is 348 g/mol. The minimum absolute atomic E-state index is 0.180. The third-order valence-electron chi connectivity index (χ3n) is 4.23. The Morgan fingerprint density at radius 1 is 1.17 bits per heavy atom. The first-order valence-corrected chi connectivity index (χ1v) is 8.20. The molecular weight excluding hydrogens is 335 g/mol. The summed E-state index contributed by atoms with van der Waals surface area (Å²) >= 11 is 11.9. The minimum atomic E-state index is 0.180. The third-order valence-corrected chi connectivity index (χ3v) is 4.59. The molecule has 1 aliphatic rings. The van der Waals surface area contributed by atoms with Gasteiger partial charge in [0.15, 0.2) is 5.65 Å². The lowest BCUT2D eigenvalue weighted by Crippen LogP contribution is -2.33. The van der Waals surface area contributed by atoms with Crippen LogP contribution in [0.1, 0.15) is 24.5 Å². The largest absolute Gasteiger partial charge is 0.356 e. The Labute approximate surface area is 142 Å². The van der Waals surface area contributed by atoms with E-state index in [1.807, 2.05) is 6.07 Å². The fraction of sp³-hybridized carbons (Fsp3) is 0.333. The molecule has 1 fully saturated rings. The molecule has 4 rings (SSSR count). The van der Waals surface area contributed by atoms with Crippen LogP contribution in [0.25, 0.3) is 11.0 Å². The Hall–Kier alpha value is -1.92. The zero-order valence-corrected chi connectivity index (χ0v) is 13.7. The van der Waals surface area contributed by atoms with E-state index in [1.54, 1.807) is 12.3 Å². The van der Waals surface area contributed by atoms with Crippen molar-refractivity contribution in [2.24, 2.45) is 0 Å². The summed E-state index contributed by atoms with van der Waals surface area (Å²) in [4.78, 5) is 14.6. The molecule has 8 heteroatoms. The molecule has 0 unspecified atom stereocenters. The van der Waals surface area contributed by atoms with Gasteiger partial charge in [0.2, 0.25) is 5.28 Å². The Balaban J connectivity index is 1.53. The molecule has 0 amide bonds. The van der Waals surface area contributed by atoms with E-state index in [2.05, 4.69) is 36.1 Å². The quantitative estimate of drug-likeness (QED) is 0.567. The van der Waals surface area contributed by atoms with Crippen LogP contribution in [-0.2, 0) is 0 Å². The number of hydrogen-bond donors (Lipinski definition) is 1. The number of pyridine rings is 1. The van der Waals surface area contributed by atoms with Crippen LogP contribution in [-0.4, -0.2) is 38.2 Å². The Morgan fingerprint density at radius 3 is 2.78 bits per heavy atom. The average molecular weight is 349 g/mol. The van der Waals surface area contributed by atoms with E-state index in [4.69, 9.17) is 23.2 Å². The summed E-state index contributed by atoms with van der Waals surface area (Å²) in [5, 5.41) is 9.14. The number of aromatic nitrogens is 5. The van der Waals surface area contributed by atoms with Crippen molar-refractivity contribution in [1.29, 1.82) is 0 Å². The number of aromatic amines is 1. The minimum Gasteiger partial charge on any atom is -0.356 e. The highest BCUT2D eigenvalue weighted by molar-refractivity contribution is 6.32. The zero-order chi connectivity index (χ0) is 15.8. The van der Waals surface area contributed by atoms with Crippen LogP contribution in [0.4, 0.5) is 5.82 Å². The SMILES string of the molecule is Clc1cc(N2CCC(c3n[nH]c4ncccc34)CC2)nc(Cl)n1. The first-order valence-electron chi connectivity index (χ1n) is 7.45. The maximum Gasteiger partial charge on any atom is 0.225 e. The Morgan fingerprint density at radius 2 is 2.00 bits per heavy atom. The molecule has 6 nitrogen and oxygen atoms in total. The number of rotatable bonds is 2. The van der Waals surface area contributed by atoms with Crippen molar-refractivity contribution in [2.45, 2.75) is 18.8 Å². The van der Waals surface area contributed by atoms with Crippen LogP contribution < -0.4 is 4.90 Å². The highest BCUT2D eigenvalue weighted by Crippen LogP contribution is 2.32. The van der Waals surface area contributed by atoms with Gasteiger partial charge in [0.05, 0.1) is 5.69 Å². The molecule has 118 valence electrons. The summed E-state index contributed by atoms with van der Waals surface area (Å²) in [5.74, 6) is 1.19. The van der Waals surface area contributed by atoms with Crippen LogP contribution >= 0.6 is 23.2 Å². The maximum atomic E-state index is 5.96. The molecule has 0 bridgehead atoms. The first-order chi connectivity index (χ1) is 11.2. The van der Waals surface area contributed by atoms with E-state index in [1.165, 1.54) is 0 Å². The van der Waals surface area contributed by atoms with Crippen molar-refractivity contribution in [1.82, 2.24) is 25.1 Å². The lowest BCUT2D eigenvalue weighted by Gasteiger charge is -2.32. The molecule has 4 heterocycles. The number of H-pyrrole nitrogens is 1. The van der Waals surface area contributed by atoms with Gasteiger partial charge in [-0.25, -0.2) is 15.0 Å². The van der Waals surface area contributed by atoms with Gasteiger partial charge in [0.1, 0.15) is 11.0 Å². The molecule has 0 spiro atoms. The van der Waals surface area contributed by atoms with Gasteiger partial charge in [-0.05, 0) is 36.6 Å². The predicted octanol–water partition coefficient (Wildman–Crippen LogP) is 3.44. The molecule has 0 radical (unpaired) electrons. The molecule has 3 aromatic heterocycles. The molecule has 0 atom stereocenters. The second kappa shape index (κ2) is 5.94. The van der Waals surface area contributed by atoms with E-state index in [-0.39, 0.29) is 5.28 Å². The Kier molecular flexibility index (Phi) is 3.79. The van der Waals surface area contributed by atoms with Crippen molar-refractivity contribution in [3.8, 4) is 0 Å². The van der Waals surface area contributed by atoms with E-state index >= 15 is 0 Å². The topological polar surface area (TPSA) is 70.6 Å². The molecule has 1 aliphatic heterocycles. The summed E-state index contributed by atoms with van der Waals surface area (Å²) < 4.78 is 0. The maximum absolute atomic E-state index is 5.96. The number of anilines is 1. The summed E-state index contributed by atoms with van der Waals surface area (Å²) in [6.45, 7) is 1.76. The molecule has 0 aromatic carbocycles. The van der Waals surface area contributed by atoms with E-state index in [0.717, 1.165) is 48.5 Å². The summed E-state index contributed by atoms with van der Waals surface area (Å²) in [6, 6.07) is 5.76. The molecule has 1 saturated heterocycles. The van der Waals surface area contributed by atoms with Gasteiger partial charge in [-0.2, -0.15) is 5.10 Å². The Bertz CT molecular complexity index is 821. The summed E-state index contributed by atoms with van der Waals surface area (Å²) in [5.41, 5.74) is 1.95. The van der Waals surface area contributed by atoms with Gasteiger partial charge >= 0.3 is 0 Å². The molecule has 0 saturated carbocycles. The van der Waals surface area contributed by atoms with Gasteiger partial charge in [0, 0.05) is 36.7 Å². The smallest absolute Gasteiger partial charge is 0.225 e. The van der Waals surface area contributed by atoms with Gasteiger partial charge in [-0.1, -0.05) is 11.6 Å². The van der Waals surface area contributed by atoms with Gasteiger partial charge < -0.3 is 4.90 Å². The summed E-state index contributed by atoms with van der Waals surface area (Å²) in [7, 11) is 0. The molecule has 0 aliphatic carbocycles. The normalized spacial score (nSPS) is 16.2. The van der Waals surface area contributed by atoms with Crippen LogP contribution in [0.5, 0.6) is 0 Å². The van der Waals surface area contributed by atoms with E-state index in [9.17, 15) is 0 Å². The summed E-state index contributed by atoms with van der Waals surface area (Å²) in [6.07, 6.45) is 3.76. The van der Waals surface area contributed by atoms with Crippen molar-refractivity contribution in [2.75, 3.05) is 18.0 Å². The highest BCUT2D eigenvalue weighted by atomic mass is 35.5. The molecule has 3 aromatic rings. The van der Waals surface area contributed by atoms with E-state index < -0.39 is 0 Å². The number of halogens is 2. The number of piperidine rings is 1. The van der Waals surface area contributed by atoms with Crippen LogP contribution in [0.15, 0.2) is 24.4 Å².